The normalized spacial score (nSPS) is 18.9. The van der Waals surface area contributed by atoms with Crippen LogP contribution in [0.4, 0.5) is 0 Å². The number of hydrogen-bond donors (Lipinski definition) is 3. The molecule has 35 heavy (non-hydrogen) atoms. The van der Waals surface area contributed by atoms with Crippen LogP contribution in [0.25, 0.3) is 0 Å². The maximum absolute atomic E-state index is 13.4. The molecule has 1 saturated heterocycles. The van der Waals surface area contributed by atoms with Crippen LogP contribution in [0.2, 0.25) is 0 Å². The summed E-state index contributed by atoms with van der Waals surface area (Å²) in [5.41, 5.74) is 0.432. The number of amides is 3. The molecular weight excluding hydrogens is 454 g/mol. The van der Waals surface area contributed by atoms with Crippen LogP contribution >= 0.6 is 0 Å². The van der Waals surface area contributed by atoms with Crippen LogP contribution < -0.4 is 15.4 Å². The third-order valence-corrected chi connectivity index (χ3v) is 5.47. The summed E-state index contributed by atoms with van der Waals surface area (Å²) in [6, 6.07) is 7.00. The van der Waals surface area contributed by atoms with Crippen LogP contribution in [0.1, 0.15) is 58.3 Å². The second-order valence-electron chi connectivity index (χ2n) is 8.46. The number of furan rings is 1. The maximum atomic E-state index is 13.4. The highest BCUT2D eigenvalue weighted by atomic mass is 16.5. The Morgan fingerprint density at radius 3 is 2.57 bits per heavy atom. The second-order valence-corrected chi connectivity index (χ2v) is 8.46. The predicted molar refractivity (Wildman–Crippen MR) is 125 cm³/mol. The van der Waals surface area contributed by atoms with Crippen LogP contribution in [-0.4, -0.2) is 52.4 Å². The standard InChI is InChI=1S/C25H31N3O7/c1-16(2)28(15-17-9-5-6-10-18(17)34-13-7-3-4-12-20(29)30)25(33)22-24(32)26-21(23(31)27-22)19-11-8-14-35-19/h5-6,8-11,14,16,21-22H,3-4,7,12-13,15H2,1-2H3,(H,26,32)(H,27,31)(H,29,30)/i15D. The number of benzene rings is 1. The highest BCUT2D eigenvalue weighted by Gasteiger charge is 2.42. The Morgan fingerprint density at radius 1 is 1.11 bits per heavy atom. The van der Waals surface area contributed by atoms with Crippen molar-refractivity contribution in [3.8, 4) is 5.75 Å². The second kappa shape index (κ2) is 12.0. The number of hydrogen-bond acceptors (Lipinski definition) is 6. The van der Waals surface area contributed by atoms with Gasteiger partial charge in [0.1, 0.15) is 11.5 Å². The number of nitrogens with zero attached hydrogens (tertiary/aromatic N) is 1. The van der Waals surface area contributed by atoms with Crippen LogP contribution in [0.5, 0.6) is 5.75 Å². The van der Waals surface area contributed by atoms with Crippen LogP contribution in [0.15, 0.2) is 47.1 Å². The number of unbranched alkanes of at least 4 members (excludes halogenated alkanes) is 2. The van der Waals surface area contributed by atoms with Gasteiger partial charge in [0.25, 0.3) is 17.7 Å². The van der Waals surface area contributed by atoms with Gasteiger partial charge in [-0.3, -0.25) is 19.2 Å². The molecule has 3 N–H and O–H groups in total. The molecule has 3 rings (SSSR count). The fraction of sp³-hybridized carbons (Fsp3) is 0.440. The number of ether oxygens (including phenoxy) is 1. The first-order chi connectivity index (χ1) is 17.2. The molecule has 0 spiro atoms. The first-order valence-corrected chi connectivity index (χ1v) is 11.5. The van der Waals surface area contributed by atoms with Crippen molar-refractivity contribution >= 4 is 23.7 Å². The Morgan fingerprint density at radius 2 is 1.89 bits per heavy atom. The van der Waals surface area contributed by atoms with Gasteiger partial charge >= 0.3 is 5.97 Å². The number of carboxylic acids is 1. The minimum Gasteiger partial charge on any atom is -0.493 e. The monoisotopic (exact) mass is 486 g/mol. The van der Waals surface area contributed by atoms with E-state index < -0.39 is 48.3 Å². The zero-order valence-electron chi connectivity index (χ0n) is 20.7. The molecule has 10 nitrogen and oxygen atoms in total. The zero-order chi connectivity index (χ0) is 26.2. The summed E-state index contributed by atoms with van der Waals surface area (Å²) in [4.78, 5) is 50.7. The van der Waals surface area contributed by atoms with Gasteiger partial charge in [-0.1, -0.05) is 18.2 Å². The van der Waals surface area contributed by atoms with E-state index in [1.54, 1.807) is 50.2 Å². The first kappa shape index (κ1) is 24.3. The lowest BCUT2D eigenvalue weighted by molar-refractivity contribution is -0.148. The number of aliphatic carboxylic acids is 1. The van der Waals surface area contributed by atoms with Crippen molar-refractivity contribution in [2.24, 2.45) is 0 Å². The quantitative estimate of drug-likeness (QED) is 0.309. The van der Waals surface area contributed by atoms with E-state index in [1.807, 2.05) is 0 Å². The Labute approximate surface area is 205 Å². The molecule has 1 aliphatic rings. The van der Waals surface area contributed by atoms with E-state index >= 15 is 0 Å². The van der Waals surface area contributed by atoms with E-state index in [0.717, 1.165) is 0 Å². The average molecular weight is 487 g/mol. The summed E-state index contributed by atoms with van der Waals surface area (Å²) in [5, 5.41) is 13.7. The van der Waals surface area contributed by atoms with Crippen LogP contribution in [0, 0.1) is 0 Å². The van der Waals surface area contributed by atoms with Crippen LogP contribution in [0.3, 0.4) is 0 Å². The molecule has 188 valence electrons. The Hall–Kier alpha value is -3.82. The van der Waals surface area contributed by atoms with E-state index in [-0.39, 0.29) is 12.2 Å². The third-order valence-electron chi connectivity index (χ3n) is 5.47. The van der Waals surface area contributed by atoms with Gasteiger partial charge in [-0.05, 0) is 51.3 Å². The molecule has 2 heterocycles. The molecule has 0 aliphatic carbocycles. The molecule has 3 amide bonds. The highest BCUT2D eigenvalue weighted by molar-refractivity contribution is 6.10. The van der Waals surface area contributed by atoms with Crippen molar-refractivity contribution in [3.63, 3.8) is 0 Å². The fourth-order valence-electron chi connectivity index (χ4n) is 3.63. The van der Waals surface area contributed by atoms with Gasteiger partial charge in [-0.25, -0.2) is 0 Å². The molecule has 1 aliphatic heterocycles. The van der Waals surface area contributed by atoms with E-state index in [0.29, 0.717) is 37.2 Å². The number of nitrogens with one attached hydrogen (secondary N) is 2. The molecule has 3 unspecified atom stereocenters. The Balaban J connectivity index is 1.70. The van der Waals surface area contributed by atoms with Gasteiger partial charge in [-0.15, -0.1) is 0 Å². The number of rotatable bonds is 12. The van der Waals surface area contributed by atoms with E-state index in [4.69, 9.17) is 15.6 Å². The molecule has 3 atom stereocenters. The molecule has 0 bridgehead atoms. The molecule has 10 heteroatoms. The third kappa shape index (κ3) is 6.84. The van der Waals surface area contributed by atoms with Gasteiger partial charge in [0.15, 0.2) is 12.1 Å². The SMILES string of the molecule is [2H]C(c1ccccc1OCCCCCC(=O)O)N(C(=O)C1NC(=O)C(c2ccco2)NC1=O)C(C)C. The molecule has 0 saturated carbocycles. The number of piperazine rings is 1. The van der Waals surface area contributed by atoms with Gasteiger partial charge in [-0.2, -0.15) is 0 Å². The average Bonchev–Trinajstić information content (AvgIpc) is 3.37. The minimum absolute atomic E-state index is 0.102. The molecular formula is C25H31N3O7. The van der Waals surface area contributed by atoms with E-state index in [1.165, 1.54) is 11.2 Å². The smallest absolute Gasteiger partial charge is 0.303 e. The topological polar surface area (TPSA) is 138 Å². The summed E-state index contributed by atoms with van der Waals surface area (Å²) in [6.07, 6.45) is 3.36. The van der Waals surface area contributed by atoms with Crippen molar-refractivity contribution in [2.75, 3.05) is 6.61 Å². The molecule has 1 aromatic heterocycles. The van der Waals surface area contributed by atoms with Crippen molar-refractivity contribution in [3.05, 3.63) is 54.0 Å². The lowest BCUT2D eigenvalue weighted by Gasteiger charge is -2.34. The number of carbonyl (C=O) groups excluding carboxylic acids is 3. The molecule has 1 aromatic carbocycles. The van der Waals surface area contributed by atoms with Gasteiger partial charge < -0.3 is 29.8 Å². The highest BCUT2D eigenvalue weighted by Crippen LogP contribution is 2.23. The van der Waals surface area contributed by atoms with Crippen molar-refractivity contribution in [2.45, 2.75) is 64.2 Å². The van der Waals surface area contributed by atoms with Crippen molar-refractivity contribution in [1.82, 2.24) is 15.5 Å². The summed E-state index contributed by atoms with van der Waals surface area (Å²) in [5.74, 6) is -2.15. The molecule has 1 fully saturated rings. The first-order valence-electron chi connectivity index (χ1n) is 12.1. The van der Waals surface area contributed by atoms with Gasteiger partial charge in [0, 0.05) is 24.5 Å². The Bertz CT molecular complexity index is 1070. The largest absolute Gasteiger partial charge is 0.493 e. The van der Waals surface area contributed by atoms with Crippen molar-refractivity contribution < 1.29 is 34.8 Å². The van der Waals surface area contributed by atoms with Gasteiger partial charge in [0.2, 0.25) is 0 Å². The lowest BCUT2D eigenvalue weighted by atomic mass is 10.1. The fourth-order valence-corrected chi connectivity index (χ4v) is 3.63. The van der Waals surface area contributed by atoms with Crippen LogP contribution in [-0.2, 0) is 25.7 Å². The summed E-state index contributed by atoms with van der Waals surface area (Å²) in [7, 11) is 0. The van der Waals surface area contributed by atoms with E-state index in [9.17, 15) is 19.2 Å². The minimum atomic E-state index is -1.48. The van der Waals surface area contributed by atoms with Gasteiger partial charge in [0.05, 0.1) is 14.2 Å². The zero-order valence-corrected chi connectivity index (χ0v) is 19.7. The summed E-state index contributed by atoms with van der Waals surface area (Å²) in [6.45, 7) is 2.57. The Kier molecular flexibility index (Phi) is 8.37. The molecule has 0 radical (unpaired) electrons. The predicted octanol–water partition coefficient (Wildman–Crippen LogP) is 2.40. The molecule has 2 aromatic rings. The summed E-state index contributed by atoms with van der Waals surface area (Å²) < 4.78 is 19.9. The lowest BCUT2D eigenvalue weighted by Crippen LogP contribution is -2.63. The van der Waals surface area contributed by atoms with Crippen molar-refractivity contribution in [1.29, 1.82) is 0 Å². The summed E-state index contributed by atoms with van der Waals surface area (Å²) >= 11 is 0. The maximum Gasteiger partial charge on any atom is 0.303 e. The number of carboxylic acid groups (broad SMARTS) is 1. The number of carbonyl (C=O) groups is 4. The van der Waals surface area contributed by atoms with E-state index in [2.05, 4.69) is 10.6 Å². The number of para-hydroxylation sites is 1.